The lowest BCUT2D eigenvalue weighted by molar-refractivity contribution is -0.142. The van der Waals surface area contributed by atoms with Gasteiger partial charge >= 0.3 is 5.97 Å². The molecule has 1 aromatic rings. The molecule has 0 aliphatic rings. The third-order valence-electron chi connectivity index (χ3n) is 2.18. The second-order valence-electron chi connectivity index (χ2n) is 3.54. The number of halogens is 1. The van der Waals surface area contributed by atoms with Crippen molar-refractivity contribution in [2.24, 2.45) is 0 Å². The number of esters is 1. The van der Waals surface area contributed by atoms with Crippen LogP contribution in [-0.4, -0.2) is 25.0 Å². The van der Waals surface area contributed by atoms with Crippen molar-refractivity contribution in [1.82, 2.24) is 5.32 Å². The van der Waals surface area contributed by atoms with Crippen LogP contribution in [0.3, 0.4) is 0 Å². The van der Waals surface area contributed by atoms with E-state index in [2.05, 4.69) is 27.9 Å². The summed E-state index contributed by atoms with van der Waals surface area (Å²) in [6.45, 7) is 2.32. The fourth-order valence-electron chi connectivity index (χ4n) is 1.35. The number of anilines is 1. The van der Waals surface area contributed by atoms with Gasteiger partial charge in [0.1, 0.15) is 0 Å². The average molecular weight is 362 g/mol. The first-order valence-electron chi connectivity index (χ1n) is 5.53. The van der Waals surface area contributed by atoms with Gasteiger partial charge in [-0.15, -0.1) is 0 Å². The van der Waals surface area contributed by atoms with E-state index in [0.717, 1.165) is 3.57 Å². The Morgan fingerprint density at radius 3 is 2.78 bits per heavy atom. The molecule has 1 aromatic carbocycles. The zero-order valence-electron chi connectivity index (χ0n) is 10.0. The number of hydrogen-bond acceptors (Lipinski definition) is 4. The van der Waals surface area contributed by atoms with Crippen molar-refractivity contribution >= 4 is 40.2 Å². The number of nitrogens with one attached hydrogen (secondary N) is 1. The van der Waals surface area contributed by atoms with E-state index in [-0.39, 0.29) is 24.8 Å². The third-order valence-corrected chi connectivity index (χ3v) is 2.85. The van der Waals surface area contributed by atoms with Crippen LogP contribution < -0.4 is 11.1 Å². The van der Waals surface area contributed by atoms with Gasteiger partial charge in [0.2, 0.25) is 0 Å². The molecule has 0 saturated heterocycles. The minimum Gasteiger partial charge on any atom is -0.466 e. The molecule has 5 nitrogen and oxygen atoms in total. The molecule has 0 fully saturated rings. The predicted molar refractivity (Wildman–Crippen MR) is 77.2 cm³/mol. The molecule has 0 aliphatic heterocycles. The standard InChI is InChI=1S/C12H15IN2O3/c1-2-18-11(16)5-6-15-12(17)9-4-3-8(13)7-10(9)14/h3-4,7H,2,5-6,14H2,1H3,(H,15,17). The number of benzene rings is 1. The maximum atomic E-state index is 11.8. The SMILES string of the molecule is CCOC(=O)CCNC(=O)c1ccc(I)cc1N. The molecule has 1 amide bonds. The summed E-state index contributed by atoms with van der Waals surface area (Å²) in [4.78, 5) is 22.8. The first-order valence-corrected chi connectivity index (χ1v) is 6.61. The third kappa shape index (κ3) is 4.52. The highest BCUT2D eigenvalue weighted by Crippen LogP contribution is 2.15. The van der Waals surface area contributed by atoms with Crippen molar-refractivity contribution in [2.45, 2.75) is 13.3 Å². The molecule has 0 aromatic heterocycles. The van der Waals surface area contributed by atoms with Crippen LogP contribution in [0.15, 0.2) is 18.2 Å². The number of carbonyl (C=O) groups is 2. The van der Waals surface area contributed by atoms with Crippen molar-refractivity contribution in [3.05, 3.63) is 27.3 Å². The molecule has 0 spiro atoms. The molecule has 0 radical (unpaired) electrons. The van der Waals surface area contributed by atoms with Crippen LogP contribution in [0.4, 0.5) is 5.69 Å². The number of rotatable bonds is 5. The Morgan fingerprint density at radius 2 is 2.17 bits per heavy atom. The van der Waals surface area contributed by atoms with Crippen molar-refractivity contribution in [3.63, 3.8) is 0 Å². The highest BCUT2D eigenvalue weighted by molar-refractivity contribution is 14.1. The van der Waals surface area contributed by atoms with Crippen LogP contribution in [-0.2, 0) is 9.53 Å². The quantitative estimate of drug-likeness (QED) is 0.473. The molecule has 0 atom stereocenters. The molecular formula is C12H15IN2O3. The van der Waals surface area contributed by atoms with E-state index in [4.69, 9.17) is 10.5 Å². The van der Waals surface area contributed by atoms with Gasteiger partial charge in [-0.25, -0.2) is 0 Å². The predicted octanol–water partition coefficient (Wildman–Crippen LogP) is 1.56. The number of nitrogen functional groups attached to an aromatic ring is 1. The van der Waals surface area contributed by atoms with Gasteiger partial charge < -0.3 is 15.8 Å². The second-order valence-corrected chi connectivity index (χ2v) is 4.79. The topological polar surface area (TPSA) is 81.4 Å². The van der Waals surface area contributed by atoms with Crippen LogP contribution in [0.25, 0.3) is 0 Å². The highest BCUT2D eigenvalue weighted by atomic mass is 127. The Balaban J connectivity index is 2.48. The molecule has 0 unspecified atom stereocenters. The smallest absolute Gasteiger partial charge is 0.307 e. The van der Waals surface area contributed by atoms with Gasteiger partial charge in [-0.3, -0.25) is 9.59 Å². The number of carbonyl (C=O) groups excluding carboxylic acids is 2. The summed E-state index contributed by atoms with van der Waals surface area (Å²) in [5.74, 6) is -0.610. The van der Waals surface area contributed by atoms with E-state index < -0.39 is 0 Å². The Kier molecular flexibility index (Phi) is 5.90. The van der Waals surface area contributed by atoms with Gasteiger partial charge in [-0.05, 0) is 47.7 Å². The van der Waals surface area contributed by atoms with Crippen molar-refractivity contribution in [2.75, 3.05) is 18.9 Å². The van der Waals surface area contributed by atoms with Crippen LogP contribution >= 0.6 is 22.6 Å². The number of ether oxygens (including phenoxy) is 1. The Morgan fingerprint density at radius 1 is 1.44 bits per heavy atom. The monoisotopic (exact) mass is 362 g/mol. The second kappa shape index (κ2) is 7.20. The molecular weight excluding hydrogens is 347 g/mol. The summed E-state index contributed by atoms with van der Waals surface area (Å²) in [5, 5.41) is 2.63. The number of amides is 1. The molecule has 0 bridgehead atoms. The van der Waals surface area contributed by atoms with Gasteiger partial charge in [-0.1, -0.05) is 0 Å². The lowest BCUT2D eigenvalue weighted by atomic mass is 10.1. The Bertz CT molecular complexity index is 449. The zero-order chi connectivity index (χ0) is 13.5. The van der Waals surface area contributed by atoms with Crippen LogP contribution in [0.2, 0.25) is 0 Å². The number of nitrogens with two attached hydrogens (primary N) is 1. The maximum Gasteiger partial charge on any atom is 0.307 e. The van der Waals surface area contributed by atoms with Crippen molar-refractivity contribution in [3.8, 4) is 0 Å². The molecule has 1 rings (SSSR count). The first-order chi connectivity index (χ1) is 8.54. The number of hydrogen-bond donors (Lipinski definition) is 2. The highest BCUT2D eigenvalue weighted by Gasteiger charge is 2.10. The normalized spacial score (nSPS) is 9.89. The van der Waals surface area contributed by atoms with Crippen LogP contribution in [0.1, 0.15) is 23.7 Å². The summed E-state index contributed by atoms with van der Waals surface area (Å²) in [6.07, 6.45) is 0.157. The maximum absolute atomic E-state index is 11.8. The zero-order valence-corrected chi connectivity index (χ0v) is 12.2. The molecule has 0 heterocycles. The molecule has 18 heavy (non-hydrogen) atoms. The fraction of sp³-hybridized carbons (Fsp3) is 0.333. The van der Waals surface area contributed by atoms with Crippen molar-refractivity contribution in [1.29, 1.82) is 0 Å². The molecule has 0 aliphatic carbocycles. The average Bonchev–Trinajstić information content (AvgIpc) is 2.29. The summed E-state index contributed by atoms with van der Waals surface area (Å²) in [7, 11) is 0. The van der Waals surface area contributed by atoms with E-state index in [0.29, 0.717) is 17.9 Å². The van der Waals surface area contributed by atoms with Crippen LogP contribution in [0.5, 0.6) is 0 Å². The fourth-order valence-corrected chi connectivity index (χ4v) is 1.86. The van der Waals surface area contributed by atoms with E-state index in [1.54, 1.807) is 25.1 Å². The minimum absolute atomic E-state index is 0.157. The molecule has 0 saturated carbocycles. The van der Waals surface area contributed by atoms with E-state index in [1.165, 1.54) is 0 Å². The molecule has 6 heteroatoms. The van der Waals surface area contributed by atoms with Gasteiger partial charge in [-0.2, -0.15) is 0 Å². The lowest BCUT2D eigenvalue weighted by Crippen LogP contribution is -2.27. The van der Waals surface area contributed by atoms with Crippen LogP contribution in [0, 0.1) is 3.57 Å². The molecule has 3 N–H and O–H groups in total. The largest absolute Gasteiger partial charge is 0.466 e. The first kappa shape index (κ1) is 14.7. The van der Waals surface area contributed by atoms with E-state index in [9.17, 15) is 9.59 Å². The van der Waals surface area contributed by atoms with Crippen molar-refractivity contribution < 1.29 is 14.3 Å². The summed E-state index contributed by atoms with van der Waals surface area (Å²) in [5.41, 5.74) is 6.59. The summed E-state index contributed by atoms with van der Waals surface area (Å²) in [6, 6.07) is 5.19. The van der Waals surface area contributed by atoms with Gasteiger partial charge in [0.25, 0.3) is 5.91 Å². The summed E-state index contributed by atoms with van der Waals surface area (Å²) >= 11 is 2.12. The van der Waals surface area contributed by atoms with Gasteiger partial charge in [0.15, 0.2) is 0 Å². The Hall–Kier alpha value is -1.31. The summed E-state index contributed by atoms with van der Waals surface area (Å²) < 4.78 is 5.72. The van der Waals surface area contributed by atoms with Gasteiger partial charge in [0, 0.05) is 15.8 Å². The van der Waals surface area contributed by atoms with Gasteiger partial charge in [0.05, 0.1) is 18.6 Å². The van der Waals surface area contributed by atoms with E-state index in [1.807, 2.05) is 0 Å². The molecule has 98 valence electrons. The minimum atomic E-state index is -0.326. The Labute approximate surface area is 119 Å². The lowest BCUT2D eigenvalue weighted by Gasteiger charge is -2.07. The van der Waals surface area contributed by atoms with E-state index >= 15 is 0 Å².